The summed E-state index contributed by atoms with van der Waals surface area (Å²) in [4.78, 5) is 39.5. The topological polar surface area (TPSA) is 167 Å². The Labute approximate surface area is 206 Å². The van der Waals surface area contributed by atoms with Crippen LogP contribution in [0.3, 0.4) is 0 Å². The van der Waals surface area contributed by atoms with E-state index in [9.17, 15) is 9.59 Å². The van der Waals surface area contributed by atoms with Gasteiger partial charge in [0.2, 0.25) is 5.95 Å². The molecular weight excluding hydrogens is 446 g/mol. The van der Waals surface area contributed by atoms with Crippen LogP contribution in [0.2, 0.25) is 0 Å². The largest absolute Gasteiger partial charge is 0.387 e. The number of aliphatic imine (C=N–C) groups is 1. The van der Waals surface area contributed by atoms with Gasteiger partial charge in [-0.3, -0.25) is 14.5 Å². The van der Waals surface area contributed by atoms with E-state index in [0.717, 1.165) is 11.1 Å². The normalized spacial score (nSPS) is 11.6. The van der Waals surface area contributed by atoms with Crippen molar-refractivity contribution in [1.29, 1.82) is 0 Å². The first-order valence-electron chi connectivity index (χ1n) is 11.3. The number of hydrogen-bond acceptors (Lipinski definition) is 8. The summed E-state index contributed by atoms with van der Waals surface area (Å²) >= 11 is 0. The first kappa shape index (κ1) is 29.0. The van der Waals surface area contributed by atoms with Crippen LogP contribution in [0.5, 0.6) is 0 Å². The van der Waals surface area contributed by atoms with Crippen LogP contribution in [0.15, 0.2) is 48.1 Å². The van der Waals surface area contributed by atoms with E-state index in [0.29, 0.717) is 12.0 Å². The molecular formula is C24H35N9O2. The van der Waals surface area contributed by atoms with E-state index >= 15 is 0 Å². The Hall–Kier alpha value is -3.99. The van der Waals surface area contributed by atoms with Gasteiger partial charge < -0.3 is 21.6 Å². The fourth-order valence-corrected chi connectivity index (χ4v) is 3.03. The molecule has 0 spiro atoms. The minimum absolute atomic E-state index is 0.0676. The molecule has 3 heterocycles. The van der Waals surface area contributed by atoms with Crippen LogP contribution in [-0.4, -0.2) is 56.9 Å². The van der Waals surface area contributed by atoms with E-state index in [1.54, 1.807) is 18.6 Å². The second-order valence-corrected chi connectivity index (χ2v) is 7.49. The van der Waals surface area contributed by atoms with E-state index in [1.165, 1.54) is 17.1 Å². The van der Waals surface area contributed by atoms with Gasteiger partial charge in [-0.05, 0) is 31.6 Å². The average Bonchev–Trinajstić information content (AvgIpc) is 3.31. The second kappa shape index (κ2) is 15.0. The number of anilines is 1. The number of hydrogen-bond donors (Lipinski definition) is 3. The van der Waals surface area contributed by atoms with Crippen LogP contribution in [0.1, 0.15) is 49.5 Å². The molecule has 188 valence electrons. The summed E-state index contributed by atoms with van der Waals surface area (Å²) in [5.41, 5.74) is 14.2. The highest BCUT2D eigenvalue weighted by Gasteiger charge is 2.22. The van der Waals surface area contributed by atoms with Crippen molar-refractivity contribution in [3.8, 4) is 11.3 Å². The number of aldehydes is 1. The standard InChI is InChI=1S/C20H22N8O2.C2H7N.C2H6/c1-12(2)17(18(21)27-19(30)15-10-26-28(11-15)5-6-29)13-3-4-16(23-7-13)14-8-24-20(22)25-9-14;1-3-2;1-2/h3-4,6-12,17H,5H2,1-2H3,(H2,21,27,30)(H2,22,24,25);3H,1-2H3;1-2H3. The van der Waals surface area contributed by atoms with E-state index in [2.05, 4.69) is 30.4 Å². The maximum absolute atomic E-state index is 12.4. The number of carbonyl (C=O) groups excluding carboxylic acids is 2. The number of nitrogens with two attached hydrogens (primary N) is 2. The lowest BCUT2D eigenvalue weighted by Gasteiger charge is -2.20. The van der Waals surface area contributed by atoms with Gasteiger partial charge in [-0.25, -0.2) is 9.97 Å². The lowest BCUT2D eigenvalue weighted by molar-refractivity contribution is -0.108. The predicted molar refractivity (Wildman–Crippen MR) is 138 cm³/mol. The molecule has 3 rings (SSSR count). The number of rotatable bonds is 7. The third-order valence-corrected chi connectivity index (χ3v) is 4.47. The average molecular weight is 482 g/mol. The monoisotopic (exact) mass is 481 g/mol. The van der Waals surface area contributed by atoms with Gasteiger partial charge in [0.1, 0.15) is 12.1 Å². The summed E-state index contributed by atoms with van der Waals surface area (Å²) < 4.78 is 1.36. The van der Waals surface area contributed by atoms with Crippen molar-refractivity contribution in [3.05, 3.63) is 54.2 Å². The first-order valence-corrected chi connectivity index (χ1v) is 11.3. The Morgan fingerprint density at radius 3 is 2.26 bits per heavy atom. The zero-order valence-corrected chi connectivity index (χ0v) is 21.1. The molecule has 0 radical (unpaired) electrons. The number of nitrogens with zero attached hydrogens (tertiary/aromatic N) is 6. The lowest BCUT2D eigenvalue weighted by Crippen LogP contribution is -2.27. The molecule has 5 N–H and O–H groups in total. The Balaban J connectivity index is 0.00000114. The minimum atomic E-state index is -0.515. The molecule has 1 atom stereocenters. The van der Waals surface area contributed by atoms with Gasteiger partial charge in [0, 0.05) is 36.3 Å². The van der Waals surface area contributed by atoms with Crippen LogP contribution in [0.25, 0.3) is 11.3 Å². The smallest absolute Gasteiger partial charge is 0.281 e. The molecule has 3 aromatic heterocycles. The van der Waals surface area contributed by atoms with Crippen molar-refractivity contribution in [1.82, 2.24) is 30.0 Å². The number of amidine groups is 1. The van der Waals surface area contributed by atoms with Crippen molar-refractivity contribution < 1.29 is 9.59 Å². The number of nitrogens with one attached hydrogen (secondary N) is 1. The summed E-state index contributed by atoms with van der Waals surface area (Å²) in [6.07, 6.45) is 8.42. The molecule has 11 nitrogen and oxygen atoms in total. The molecule has 0 bridgehead atoms. The number of nitrogen functional groups attached to an aromatic ring is 1. The summed E-state index contributed by atoms with van der Waals surface area (Å²) in [5.74, 6) is -0.363. The Kier molecular flexibility index (Phi) is 12.5. The first-order chi connectivity index (χ1) is 16.8. The number of carbonyl (C=O) groups is 2. The molecule has 1 amide bonds. The van der Waals surface area contributed by atoms with Gasteiger partial charge in [-0.1, -0.05) is 33.8 Å². The van der Waals surface area contributed by atoms with E-state index in [-0.39, 0.29) is 35.7 Å². The molecule has 0 aliphatic carbocycles. The van der Waals surface area contributed by atoms with Crippen LogP contribution in [0, 0.1) is 5.92 Å². The molecule has 3 aromatic rings. The van der Waals surface area contributed by atoms with Crippen LogP contribution >= 0.6 is 0 Å². The fraction of sp³-hybridized carbons (Fsp3) is 0.375. The lowest BCUT2D eigenvalue weighted by atomic mass is 9.88. The molecule has 11 heteroatoms. The molecule has 0 aromatic carbocycles. The summed E-state index contributed by atoms with van der Waals surface area (Å²) in [6.45, 7) is 8.04. The molecule has 0 aliphatic heterocycles. The van der Waals surface area contributed by atoms with Crippen molar-refractivity contribution in [3.63, 3.8) is 0 Å². The van der Waals surface area contributed by atoms with Crippen LogP contribution in [0.4, 0.5) is 5.95 Å². The van der Waals surface area contributed by atoms with E-state index in [1.807, 2.05) is 53.9 Å². The molecule has 0 aliphatic rings. The van der Waals surface area contributed by atoms with Crippen LogP contribution < -0.4 is 16.8 Å². The highest BCUT2D eigenvalue weighted by molar-refractivity contribution is 6.04. The quantitative estimate of drug-likeness (QED) is 0.260. The van der Waals surface area contributed by atoms with Crippen molar-refractivity contribution in [2.24, 2.45) is 16.6 Å². The highest BCUT2D eigenvalue weighted by Crippen LogP contribution is 2.26. The molecule has 35 heavy (non-hydrogen) atoms. The summed E-state index contributed by atoms with van der Waals surface area (Å²) in [6, 6.07) is 3.72. The van der Waals surface area contributed by atoms with Gasteiger partial charge in [0.25, 0.3) is 5.91 Å². The third kappa shape index (κ3) is 8.70. The Bertz CT molecular complexity index is 1080. The highest BCUT2D eigenvalue weighted by atomic mass is 16.1. The Morgan fingerprint density at radius 1 is 1.11 bits per heavy atom. The van der Waals surface area contributed by atoms with Gasteiger partial charge in [0.15, 0.2) is 0 Å². The zero-order chi connectivity index (χ0) is 26.4. The van der Waals surface area contributed by atoms with Crippen molar-refractivity contribution in [2.45, 2.75) is 40.2 Å². The third-order valence-electron chi connectivity index (χ3n) is 4.47. The van der Waals surface area contributed by atoms with Gasteiger partial charge in [-0.15, -0.1) is 0 Å². The number of aromatic nitrogens is 5. The minimum Gasteiger partial charge on any atom is -0.387 e. The van der Waals surface area contributed by atoms with Gasteiger partial charge in [0.05, 0.1) is 24.0 Å². The van der Waals surface area contributed by atoms with Crippen LogP contribution in [-0.2, 0) is 11.3 Å². The zero-order valence-electron chi connectivity index (χ0n) is 21.1. The van der Waals surface area contributed by atoms with Crippen molar-refractivity contribution >= 4 is 24.0 Å². The van der Waals surface area contributed by atoms with Crippen molar-refractivity contribution in [2.75, 3.05) is 19.8 Å². The number of pyridine rings is 1. The number of amides is 1. The summed E-state index contributed by atoms with van der Waals surface area (Å²) in [5, 5.41) is 6.69. The predicted octanol–water partition coefficient (Wildman–Crippen LogP) is 2.32. The Morgan fingerprint density at radius 2 is 1.74 bits per heavy atom. The summed E-state index contributed by atoms with van der Waals surface area (Å²) in [7, 11) is 3.75. The second-order valence-electron chi connectivity index (χ2n) is 7.49. The maximum Gasteiger partial charge on any atom is 0.281 e. The van der Waals surface area contributed by atoms with Gasteiger partial charge in [-0.2, -0.15) is 10.1 Å². The maximum atomic E-state index is 12.4. The van der Waals surface area contributed by atoms with E-state index < -0.39 is 5.91 Å². The molecule has 0 saturated carbocycles. The SMILES string of the molecule is CC.CC(C)C(C(N)=NC(=O)c1cnn(CC=O)c1)c1ccc(-c2cnc(N)nc2)nc1.CNC. The molecule has 0 fully saturated rings. The fourth-order valence-electron chi connectivity index (χ4n) is 3.03. The molecule has 0 saturated heterocycles. The van der Waals surface area contributed by atoms with E-state index in [4.69, 9.17) is 11.5 Å². The molecule has 1 unspecified atom stereocenters. The van der Waals surface area contributed by atoms with Gasteiger partial charge >= 0.3 is 0 Å².